The Labute approximate surface area is 255 Å². The Morgan fingerprint density at radius 1 is 0.886 bits per heavy atom. The molecule has 2 atom stereocenters. The molecule has 0 unspecified atom stereocenters. The number of hydrogen-bond donors (Lipinski definition) is 0. The standard InChI is InChI=1S/C35H34FNO7/c1-2-28(38)26-16-22(17-27-32(21-10-4-3-5-11-21)30(18-36)44-33(26)27)29(39)14-8-9-15-31-42-19-23(20-43-31)37-34(40)24-12-6-7-13-25(24)35(37)41/h3-7,10-13,16-17,23,30-32H,2,8-9,14-15,18-20H2,1H3/t23?,30-,31?,32+/m1/s1. The normalized spacial score (nSPS) is 22.5. The summed E-state index contributed by atoms with van der Waals surface area (Å²) in [5.41, 5.74) is 3.05. The molecule has 0 bridgehead atoms. The highest BCUT2D eigenvalue weighted by Crippen LogP contribution is 2.45. The van der Waals surface area contributed by atoms with Crippen molar-refractivity contribution in [1.82, 2.24) is 4.90 Å². The molecule has 44 heavy (non-hydrogen) atoms. The predicted octanol–water partition coefficient (Wildman–Crippen LogP) is 5.92. The number of rotatable bonds is 11. The summed E-state index contributed by atoms with van der Waals surface area (Å²) in [5.74, 6) is -0.986. The molecule has 3 aliphatic rings. The summed E-state index contributed by atoms with van der Waals surface area (Å²) in [7, 11) is 0. The zero-order valence-corrected chi connectivity index (χ0v) is 24.5. The molecular formula is C35H34FNO7. The zero-order valence-electron chi connectivity index (χ0n) is 24.5. The Kier molecular flexibility index (Phi) is 8.68. The predicted molar refractivity (Wildman–Crippen MR) is 159 cm³/mol. The first kappa shape index (κ1) is 29.8. The van der Waals surface area contributed by atoms with E-state index in [0.29, 0.717) is 52.8 Å². The Bertz CT molecular complexity index is 1550. The topological polar surface area (TPSA) is 99.2 Å². The first-order chi connectivity index (χ1) is 21.4. The Balaban J connectivity index is 1.06. The van der Waals surface area contributed by atoms with Gasteiger partial charge in [0.25, 0.3) is 11.8 Å². The number of benzene rings is 3. The number of imide groups is 1. The lowest BCUT2D eigenvalue weighted by Gasteiger charge is -2.33. The maximum absolute atomic E-state index is 14.1. The molecule has 3 aromatic rings. The fraction of sp³-hybridized carbons (Fsp3) is 0.371. The van der Waals surface area contributed by atoms with Gasteiger partial charge in [0.15, 0.2) is 17.9 Å². The van der Waals surface area contributed by atoms with Gasteiger partial charge in [-0.05, 0) is 49.1 Å². The number of amides is 2. The van der Waals surface area contributed by atoms with Gasteiger partial charge in [-0.15, -0.1) is 0 Å². The lowest BCUT2D eigenvalue weighted by molar-refractivity contribution is -0.200. The molecule has 0 radical (unpaired) electrons. The molecule has 0 aliphatic carbocycles. The minimum absolute atomic E-state index is 0.107. The van der Waals surface area contributed by atoms with Crippen LogP contribution in [0.3, 0.4) is 0 Å². The van der Waals surface area contributed by atoms with E-state index in [1.807, 2.05) is 30.3 Å². The van der Waals surface area contributed by atoms with E-state index in [-0.39, 0.29) is 49.4 Å². The Morgan fingerprint density at radius 3 is 2.18 bits per heavy atom. The second-order valence-electron chi connectivity index (χ2n) is 11.4. The second kappa shape index (κ2) is 12.8. The summed E-state index contributed by atoms with van der Waals surface area (Å²) >= 11 is 0. The Hall–Kier alpha value is -4.21. The number of hydrogen-bond acceptors (Lipinski definition) is 7. The minimum Gasteiger partial charge on any atom is -0.486 e. The van der Waals surface area contributed by atoms with Gasteiger partial charge in [-0.25, -0.2) is 4.39 Å². The molecule has 0 N–H and O–H groups in total. The van der Waals surface area contributed by atoms with Crippen LogP contribution in [0.2, 0.25) is 0 Å². The highest BCUT2D eigenvalue weighted by molar-refractivity contribution is 6.21. The summed E-state index contributed by atoms with van der Waals surface area (Å²) in [5, 5.41) is 0. The summed E-state index contributed by atoms with van der Waals surface area (Å²) in [6.07, 6.45) is 1.00. The number of Topliss-reactive ketones (excluding diaryl/α,β-unsaturated/α-hetero) is 2. The van der Waals surface area contributed by atoms with Crippen molar-refractivity contribution in [3.63, 3.8) is 0 Å². The van der Waals surface area contributed by atoms with Crippen molar-refractivity contribution in [2.24, 2.45) is 0 Å². The van der Waals surface area contributed by atoms with Crippen LogP contribution >= 0.6 is 0 Å². The molecule has 228 valence electrons. The third-order valence-electron chi connectivity index (χ3n) is 8.58. The molecule has 6 rings (SSSR count). The second-order valence-corrected chi connectivity index (χ2v) is 11.4. The van der Waals surface area contributed by atoms with Crippen molar-refractivity contribution in [1.29, 1.82) is 0 Å². The van der Waals surface area contributed by atoms with E-state index in [1.54, 1.807) is 43.3 Å². The molecule has 0 aromatic heterocycles. The smallest absolute Gasteiger partial charge is 0.261 e. The van der Waals surface area contributed by atoms with E-state index in [0.717, 1.165) is 5.56 Å². The molecule has 2 amide bonds. The number of carbonyl (C=O) groups excluding carboxylic acids is 4. The molecule has 1 saturated heterocycles. The fourth-order valence-electron chi connectivity index (χ4n) is 6.30. The lowest BCUT2D eigenvalue weighted by atomic mass is 9.85. The van der Waals surface area contributed by atoms with E-state index < -0.39 is 31.0 Å². The van der Waals surface area contributed by atoms with Gasteiger partial charge in [-0.1, -0.05) is 49.4 Å². The highest BCUT2D eigenvalue weighted by Gasteiger charge is 2.42. The van der Waals surface area contributed by atoms with Crippen LogP contribution in [0.25, 0.3) is 0 Å². The van der Waals surface area contributed by atoms with Crippen LogP contribution in [0, 0.1) is 0 Å². The number of nitrogens with zero attached hydrogens (tertiary/aromatic N) is 1. The van der Waals surface area contributed by atoms with E-state index in [9.17, 15) is 23.6 Å². The first-order valence-corrected chi connectivity index (χ1v) is 15.1. The average Bonchev–Trinajstić information content (AvgIpc) is 3.57. The molecule has 9 heteroatoms. The molecule has 3 heterocycles. The highest BCUT2D eigenvalue weighted by atomic mass is 19.1. The lowest BCUT2D eigenvalue weighted by Crippen LogP contribution is -2.49. The molecule has 3 aliphatic heterocycles. The van der Waals surface area contributed by atoms with Crippen LogP contribution in [-0.4, -0.2) is 66.6 Å². The number of ketones is 2. The number of unbranched alkanes of at least 4 members (excludes halogenated alkanes) is 1. The van der Waals surface area contributed by atoms with Crippen LogP contribution in [0.5, 0.6) is 5.75 Å². The van der Waals surface area contributed by atoms with Crippen molar-refractivity contribution >= 4 is 23.4 Å². The van der Waals surface area contributed by atoms with Crippen molar-refractivity contribution in [2.75, 3.05) is 19.9 Å². The fourth-order valence-corrected chi connectivity index (χ4v) is 6.30. The molecular weight excluding hydrogens is 565 g/mol. The van der Waals surface area contributed by atoms with Gasteiger partial charge in [0.2, 0.25) is 0 Å². The van der Waals surface area contributed by atoms with E-state index in [1.165, 1.54) is 4.90 Å². The van der Waals surface area contributed by atoms with Crippen molar-refractivity contribution < 1.29 is 37.8 Å². The Morgan fingerprint density at radius 2 is 1.55 bits per heavy atom. The first-order valence-electron chi connectivity index (χ1n) is 15.1. The number of alkyl halides is 1. The minimum atomic E-state index is -0.770. The van der Waals surface area contributed by atoms with Gasteiger partial charge in [0.1, 0.15) is 18.5 Å². The summed E-state index contributed by atoms with van der Waals surface area (Å²) in [4.78, 5) is 52.9. The van der Waals surface area contributed by atoms with Crippen LogP contribution in [-0.2, 0) is 9.47 Å². The summed E-state index contributed by atoms with van der Waals surface area (Å²) in [6, 6.07) is 19.0. The molecule has 0 saturated carbocycles. The molecule has 1 fully saturated rings. The third-order valence-corrected chi connectivity index (χ3v) is 8.58. The van der Waals surface area contributed by atoms with E-state index >= 15 is 0 Å². The number of halogens is 1. The van der Waals surface area contributed by atoms with Crippen molar-refractivity contribution in [2.45, 2.75) is 63.4 Å². The molecule has 8 nitrogen and oxygen atoms in total. The molecule has 3 aromatic carbocycles. The van der Waals surface area contributed by atoms with Crippen molar-refractivity contribution in [3.8, 4) is 5.75 Å². The van der Waals surface area contributed by atoms with Gasteiger partial charge in [0.05, 0.1) is 41.9 Å². The number of ether oxygens (including phenoxy) is 3. The third kappa shape index (κ3) is 5.57. The number of fused-ring (bicyclic) bond motifs is 2. The maximum atomic E-state index is 14.1. The van der Waals surface area contributed by atoms with Gasteiger partial charge >= 0.3 is 0 Å². The van der Waals surface area contributed by atoms with E-state index in [4.69, 9.17) is 14.2 Å². The number of carbonyl (C=O) groups is 4. The molecule has 0 spiro atoms. The van der Waals surface area contributed by atoms with Crippen LogP contribution in [0.4, 0.5) is 4.39 Å². The van der Waals surface area contributed by atoms with Crippen LogP contribution in [0.15, 0.2) is 66.7 Å². The van der Waals surface area contributed by atoms with Crippen LogP contribution in [0.1, 0.15) is 97.5 Å². The van der Waals surface area contributed by atoms with Gasteiger partial charge in [-0.2, -0.15) is 0 Å². The van der Waals surface area contributed by atoms with Gasteiger partial charge in [-0.3, -0.25) is 24.1 Å². The van der Waals surface area contributed by atoms with Crippen LogP contribution < -0.4 is 4.74 Å². The monoisotopic (exact) mass is 599 g/mol. The van der Waals surface area contributed by atoms with Gasteiger partial charge in [0, 0.05) is 24.0 Å². The van der Waals surface area contributed by atoms with Crippen molar-refractivity contribution in [3.05, 3.63) is 100 Å². The summed E-state index contributed by atoms with van der Waals surface area (Å²) in [6.45, 7) is 1.39. The van der Waals surface area contributed by atoms with E-state index in [2.05, 4.69) is 0 Å². The quantitative estimate of drug-likeness (QED) is 0.153. The zero-order chi connectivity index (χ0) is 30.8. The summed E-state index contributed by atoms with van der Waals surface area (Å²) < 4.78 is 31.7. The van der Waals surface area contributed by atoms with Gasteiger partial charge < -0.3 is 14.2 Å². The maximum Gasteiger partial charge on any atom is 0.261 e. The average molecular weight is 600 g/mol. The SMILES string of the molecule is CCC(=O)c1cc(C(=O)CCCCC2OCC(N3C(=O)c4ccccc4C3=O)CO2)cc2c1O[C@H](CF)[C@H]2c1ccccc1. The largest absolute Gasteiger partial charge is 0.486 e.